The lowest BCUT2D eigenvalue weighted by Crippen LogP contribution is -2.00. The summed E-state index contributed by atoms with van der Waals surface area (Å²) in [5, 5.41) is 1.24. The summed E-state index contributed by atoms with van der Waals surface area (Å²) >= 11 is 13.1. The Balaban J connectivity index is 2.23. The molecule has 0 saturated carbocycles. The summed E-state index contributed by atoms with van der Waals surface area (Å²) in [4.78, 5) is 13.0. The van der Waals surface area contributed by atoms with Crippen LogP contribution in [-0.2, 0) is 0 Å². The molecular formula is C11H9Cl2N3OS. The number of rotatable bonds is 4. The van der Waals surface area contributed by atoms with Gasteiger partial charge < -0.3 is 4.74 Å². The fraction of sp³-hybridized carbons (Fsp3) is 0.182. The molecule has 4 nitrogen and oxygen atoms in total. The van der Waals surface area contributed by atoms with Crippen molar-refractivity contribution < 1.29 is 4.74 Å². The fourth-order valence-corrected chi connectivity index (χ4v) is 2.45. The van der Waals surface area contributed by atoms with Crippen LogP contribution >= 0.6 is 35.0 Å². The summed E-state index contributed by atoms with van der Waals surface area (Å²) in [6, 6.07) is 7.62. The molecule has 1 aromatic heterocycles. The van der Waals surface area contributed by atoms with Crippen molar-refractivity contribution in [1.82, 2.24) is 15.0 Å². The number of nitrogens with zero attached hydrogens (tertiary/aromatic N) is 3. The maximum Gasteiger partial charge on any atom is 0.321 e. The number of hydrogen-bond donors (Lipinski definition) is 0. The van der Waals surface area contributed by atoms with Crippen molar-refractivity contribution in [3.8, 4) is 6.01 Å². The number of halogens is 2. The summed E-state index contributed by atoms with van der Waals surface area (Å²) in [6.07, 6.45) is 0. The summed E-state index contributed by atoms with van der Waals surface area (Å²) in [7, 11) is 0. The quantitative estimate of drug-likeness (QED) is 0.861. The molecule has 0 unspecified atom stereocenters. The van der Waals surface area contributed by atoms with Crippen LogP contribution in [0.15, 0.2) is 34.3 Å². The van der Waals surface area contributed by atoms with Crippen molar-refractivity contribution in [2.24, 2.45) is 0 Å². The van der Waals surface area contributed by atoms with Gasteiger partial charge in [0.05, 0.1) is 6.61 Å². The topological polar surface area (TPSA) is 47.9 Å². The normalized spacial score (nSPS) is 10.4. The fourth-order valence-electron chi connectivity index (χ4n) is 1.19. The van der Waals surface area contributed by atoms with E-state index in [9.17, 15) is 0 Å². The molecule has 0 spiro atoms. The van der Waals surface area contributed by atoms with E-state index in [0.29, 0.717) is 16.8 Å². The first-order chi connectivity index (χ1) is 8.67. The lowest BCUT2D eigenvalue weighted by atomic mass is 10.4. The second-order valence-electron chi connectivity index (χ2n) is 3.16. The van der Waals surface area contributed by atoms with Crippen molar-refractivity contribution in [2.45, 2.75) is 17.0 Å². The van der Waals surface area contributed by atoms with Crippen molar-refractivity contribution in [3.63, 3.8) is 0 Å². The maximum absolute atomic E-state index is 5.91. The molecule has 0 radical (unpaired) electrons. The minimum Gasteiger partial charge on any atom is -0.464 e. The molecule has 1 aromatic carbocycles. The second kappa shape index (κ2) is 6.22. The van der Waals surface area contributed by atoms with Crippen molar-refractivity contribution in [1.29, 1.82) is 0 Å². The third-order valence-electron chi connectivity index (χ3n) is 1.85. The van der Waals surface area contributed by atoms with Gasteiger partial charge in [0.15, 0.2) is 5.16 Å². The molecule has 0 aliphatic rings. The van der Waals surface area contributed by atoms with E-state index < -0.39 is 0 Å². The third-order valence-corrected chi connectivity index (χ3v) is 3.10. The van der Waals surface area contributed by atoms with Crippen LogP contribution in [0.3, 0.4) is 0 Å². The first kappa shape index (κ1) is 13.4. The highest BCUT2D eigenvalue weighted by atomic mass is 35.5. The molecule has 94 valence electrons. The van der Waals surface area contributed by atoms with E-state index in [4.69, 9.17) is 27.9 Å². The van der Waals surface area contributed by atoms with Crippen LogP contribution in [0, 0.1) is 0 Å². The smallest absolute Gasteiger partial charge is 0.321 e. The average Bonchev–Trinajstić information content (AvgIpc) is 2.28. The van der Waals surface area contributed by atoms with E-state index in [1.165, 1.54) is 11.8 Å². The van der Waals surface area contributed by atoms with Crippen LogP contribution in [0.1, 0.15) is 6.92 Å². The van der Waals surface area contributed by atoms with Gasteiger partial charge in [-0.3, -0.25) is 0 Å². The van der Waals surface area contributed by atoms with Crippen LogP contribution in [0.25, 0.3) is 0 Å². The van der Waals surface area contributed by atoms with E-state index in [1.54, 1.807) is 6.07 Å². The average molecular weight is 302 g/mol. The summed E-state index contributed by atoms with van der Waals surface area (Å²) in [5.74, 6) is 0. The maximum atomic E-state index is 5.91. The number of ether oxygens (including phenoxy) is 1. The SMILES string of the molecule is CCOc1nc(Cl)nc(Sc2cccc(Cl)c2)n1. The molecule has 18 heavy (non-hydrogen) atoms. The first-order valence-electron chi connectivity index (χ1n) is 5.15. The summed E-state index contributed by atoms with van der Waals surface area (Å²) in [6.45, 7) is 2.32. The van der Waals surface area contributed by atoms with E-state index in [-0.39, 0.29) is 11.3 Å². The Bertz CT molecular complexity index is 554. The highest BCUT2D eigenvalue weighted by molar-refractivity contribution is 7.99. The minimum atomic E-state index is 0.109. The molecule has 0 amide bonds. The Labute approximate surface area is 119 Å². The van der Waals surface area contributed by atoms with E-state index in [1.807, 2.05) is 25.1 Å². The van der Waals surface area contributed by atoms with Gasteiger partial charge in [-0.1, -0.05) is 17.7 Å². The zero-order chi connectivity index (χ0) is 13.0. The standard InChI is InChI=1S/C11H9Cl2N3OS/c1-2-17-10-14-9(13)15-11(16-10)18-8-5-3-4-7(12)6-8/h3-6H,2H2,1H3. The molecule has 0 atom stereocenters. The number of benzene rings is 1. The highest BCUT2D eigenvalue weighted by Crippen LogP contribution is 2.28. The zero-order valence-electron chi connectivity index (χ0n) is 9.43. The van der Waals surface area contributed by atoms with Gasteiger partial charge in [0.25, 0.3) is 0 Å². The van der Waals surface area contributed by atoms with Gasteiger partial charge in [0, 0.05) is 9.92 Å². The second-order valence-corrected chi connectivity index (χ2v) is 4.98. The predicted molar refractivity (Wildman–Crippen MR) is 71.6 cm³/mol. The van der Waals surface area contributed by atoms with E-state index >= 15 is 0 Å². The molecule has 0 fully saturated rings. The molecule has 0 aliphatic carbocycles. The van der Waals surface area contributed by atoms with Crippen LogP contribution in [0.4, 0.5) is 0 Å². The summed E-state index contributed by atoms with van der Waals surface area (Å²) in [5.41, 5.74) is 0. The Morgan fingerprint density at radius 3 is 2.78 bits per heavy atom. The van der Waals surface area contributed by atoms with Crippen LogP contribution in [-0.4, -0.2) is 21.6 Å². The van der Waals surface area contributed by atoms with Gasteiger partial charge in [-0.2, -0.15) is 15.0 Å². The lowest BCUT2D eigenvalue weighted by Gasteiger charge is -2.04. The molecule has 2 aromatic rings. The first-order valence-corrected chi connectivity index (χ1v) is 6.72. The molecule has 0 bridgehead atoms. The van der Waals surface area contributed by atoms with Gasteiger partial charge in [-0.15, -0.1) is 0 Å². The van der Waals surface area contributed by atoms with Gasteiger partial charge in [-0.05, 0) is 48.5 Å². The Morgan fingerprint density at radius 2 is 2.06 bits per heavy atom. The van der Waals surface area contributed by atoms with Crippen molar-refractivity contribution in [3.05, 3.63) is 34.6 Å². The monoisotopic (exact) mass is 301 g/mol. The largest absolute Gasteiger partial charge is 0.464 e. The van der Waals surface area contributed by atoms with Gasteiger partial charge in [-0.25, -0.2) is 0 Å². The Hall–Kier alpha value is -1.04. The molecule has 0 saturated heterocycles. The molecular weight excluding hydrogens is 293 g/mol. The zero-order valence-corrected chi connectivity index (χ0v) is 11.8. The lowest BCUT2D eigenvalue weighted by molar-refractivity contribution is 0.307. The van der Waals surface area contributed by atoms with Crippen LogP contribution < -0.4 is 4.74 Å². The van der Waals surface area contributed by atoms with Gasteiger partial charge in [0.2, 0.25) is 5.28 Å². The molecule has 7 heteroatoms. The predicted octanol–water partition coefficient (Wildman–Crippen LogP) is 3.73. The minimum absolute atomic E-state index is 0.109. The molecule has 2 rings (SSSR count). The molecule has 0 aliphatic heterocycles. The van der Waals surface area contributed by atoms with E-state index in [2.05, 4.69) is 15.0 Å². The Kier molecular flexibility index (Phi) is 4.63. The van der Waals surface area contributed by atoms with Crippen molar-refractivity contribution >= 4 is 35.0 Å². The van der Waals surface area contributed by atoms with Gasteiger partial charge >= 0.3 is 6.01 Å². The van der Waals surface area contributed by atoms with Gasteiger partial charge in [0.1, 0.15) is 0 Å². The third kappa shape index (κ3) is 3.73. The Morgan fingerprint density at radius 1 is 1.22 bits per heavy atom. The molecule has 0 N–H and O–H groups in total. The highest BCUT2D eigenvalue weighted by Gasteiger charge is 2.07. The van der Waals surface area contributed by atoms with Crippen LogP contribution in [0.5, 0.6) is 6.01 Å². The van der Waals surface area contributed by atoms with Crippen molar-refractivity contribution in [2.75, 3.05) is 6.61 Å². The number of hydrogen-bond acceptors (Lipinski definition) is 5. The number of aromatic nitrogens is 3. The van der Waals surface area contributed by atoms with E-state index in [0.717, 1.165) is 4.90 Å². The van der Waals surface area contributed by atoms with Crippen LogP contribution in [0.2, 0.25) is 10.3 Å². The molecule has 1 heterocycles. The summed E-state index contributed by atoms with van der Waals surface area (Å²) < 4.78 is 5.20.